The van der Waals surface area contributed by atoms with Crippen LogP contribution in [0.15, 0.2) is 24.3 Å². The zero-order valence-electron chi connectivity index (χ0n) is 15.1. The topological polar surface area (TPSA) is 44.4 Å². The van der Waals surface area contributed by atoms with E-state index in [1.165, 1.54) is 18.9 Å². The van der Waals surface area contributed by atoms with E-state index in [1.807, 2.05) is 6.07 Å². The molecule has 3 unspecified atom stereocenters. The van der Waals surface area contributed by atoms with Crippen LogP contribution >= 0.6 is 0 Å². The number of hydrogen-bond acceptors (Lipinski definition) is 3. The van der Waals surface area contributed by atoms with Gasteiger partial charge in [0, 0.05) is 31.2 Å². The lowest BCUT2D eigenvalue weighted by molar-refractivity contribution is -0.123. The fraction of sp³-hybridized carbons (Fsp3) is 0.650. The maximum absolute atomic E-state index is 13.4. The predicted molar refractivity (Wildman–Crippen MR) is 99.2 cm³/mol. The lowest BCUT2D eigenvalue weighted by Crippen LogP contribution is -2.48. The molecule has 2 aliphatic rings. The molecule has 0 radical (unpaired) electrons. The van der Waals surface area contributed by atoms with Crippen LogP contribution in [0.25, 0.3) is 0 Å². The summed E-state index contributed by atoms with van der Waals surface area (Å²) in [6.45, 7) is 6.00. The van der Waals surface area contributed by atoms with Crippen molar-refractivity contribution in [3.05, 3.63) is 30.1 Å². The van der Waals surface area contributed by atoms with Gasteiger partial charge in [0.1, 0.15) is 5.82 Å². The van der Waals surface area contributed by atoms with E-state index in [1.54, 1.807) is 12.1 Å². The third kappa shape index (κ3) is 5.18. The van der Waals surface area contributed by atoms with E-state index in [0.717, 1.165) is 44.7 Å². The molecular weight excluding hydrogens is 317 g/mol. The van der Waals surface area contributed by atoms with Gasteiger partial charge in [-0.1, -0.05) is 13.0 Å². The Balaban J connectivity index is 1.49. The highest BCUT2D eigenvalue weighted by molar-refractivity contribution is 5.76. The van der Waals surface area contributed by atoms with Gasteiger partial charge in [0.25, 0.3) is 0 Å². The van der Waals surface area contributed by atoms with Gasteiger partial charge in [-0.05, 0) is 68.8 Å². The first-order chi connectivity index (χ1) is 12.1. The normalized spacial score (nSPS) is 25.4. The van der Waals surface area contributed by atoms with Crippen LogP contribution in [0.2, 0.25) is 0 Å². The van der Waals surface area contributed by atoms with Crippen molar-refractivity contribution in [3.8, 4) is 0 Å². The van der Waals surface area contributed by atoms with Gasteiger partial charge in [0.05, 0.1) is 0 Å². The number of amides is 1. The van der Waals surface area contributed by atoms with Crippen LogP contribution in [0.3, 0.4) is 0 Å². The number of carbonyl (C=O) groups excluding carboxylic acids is 1. The molecule has 1 amide bonds. The molecule has 1 aromatic rings. The minimum absolute atomic E-state index is 0.154. The zero-order valence-corrected chi connectivity index (χ0v) is 15.1. The van der Waals surface area contributed by atoms with Gasteiger partial charge in [-0.2, -0.15) is 0 Å². The molecule has 3 atom stereocenters. The molecule has 0 saturated carbocycles. The fourth-order valence-corrected chi connectivity index (χ4v) is 4.11. The van der Waals surface area contributed by atoms with Crippen molar-refractivity contribution in [3.63, 3.8) is 0 Å². The van der Waals surface area contributed by atoms with E-state index in [0.29, 0.717) is 18.3 Å². The summed E-state index contributed by atoms with van der Waals surface area (Å²) in [5.41, 5.74) is 0.903. The SMILES string of the molecule is CC(CC(=O)NC1CCCN(c2cccc(F)c2)C1)C1CCCNC1. The van der Waals surface area contributed by atoms with Crippen LogP contribution in [0.1, 0.15) is 39.0 Å². The number of nitrogens with one attached hydrogen (secondary N) is 2. The third-order valence-electron chi connectivity index (χ3n) is 5.61. The Bertz CT molecular complexity index is 574. The minimum atomic E-state index is -0.210. The van der Waals surface area contributed by atoms with Gasteiger partial charge >= 0.3 is 0 Å². The number of nitrogens with zero attached hydrogens (tertiary/aromatic N) is 1. The minimum Gasteiger partial charge on any atom is -0.369 e. The molecule has 25 heavy (non-hydrogen) atoms. The molecule has 0 spiro atoms. The molecule has 4 nitrogen and oxygen atoms in total. The first-order valence-electron chi connectivity index (χ1n) is 9.62. The van der Waals surface area contributed by atoms with E-state index < -0.39 is 0 Å². The van der Waals surface area contributed by atoms with Crippen LogP contribution in [-0.4, -0.2) is 38.1 Å². The molecular formula is C20H30FN3O. The highest BCUT2D eigenvalue weighted by Gasteiger charge is 2.25. The zero-order chi connectivity index (χ0) is 17.6. The van der Waals surface area contributed by atoms with Crippen molar-refractivity contribution in [2.24, 2.45) is 11.8 Å². The van der Waals surface area contributed by atoms with Crippen LogP contribution in [0, 0.1) is 17.7 Å². The smallest absolute Gasteiger partial charge is 0.220 e. The van der Waals surface area contributed by atoms with Gasteiger partial charge in [-0.3, -0.25) is 4.79 Å². The lowest BCUT2D eigenvalue weighted by Gasteiger charge is -2.35. The Morgan fingerprint density at radius 3 is 3.04 bits per heavy atom. The third-order valence-corrected chi connectivity index (χ3v) is 5.61. The maximum atomic E-state index is 13.4. The van der Waals surface area contributed by atoms with Gasteiger partial charge in [0.2, 0.25) is 5.91 Å². The second-order valence-electron chi connectivity index (χ2n) is 7.62. The number of rotatable bonds is 5. The van der Waals surface area contributed by atoms with Crippen molar-refractivity contribution in [2.75, 3.05) is 31.1 Å². The second-order valence-corrected chi connectivity index (χ2v) is 7.62. The van der Waals surface area contributed by atoms with Gasteiger partial charge in [0.15, 0.2) is 0 Å². The number of benzene rings is 1. The van der Waals surface area contributed by atoms with Crippen molar-refractivity contribution in [1.29, 1.82) is 0 Å². The van der Waals surface area contributed by atoms with Crippen LogP contribution < -0.4 is 15.5 Å². The maximum Gasteiger partial charge on any atom is 0.220 e. The molecule has 5 heteroatoms. The van der Waals surface area contributed by atoms with Gasteiger partial charge in [-0.15, -0.1) is 0 Å². The van der Waals surface area contributed by atoms with E-state index in [-0.39, 0.29) is 17.8 Å². The molecule has 0 bridgehead atoms. The molecule has 1 aromatic carbocycles. The van der Waals surface area contributed by atoms with Crippen LogP contribution in [0.5, 0.6) is 0 Å². The average molecular weight is 347 g/mol. The predicted octanol–water partition coefficient (Wildman–Crippen LogP) is 2.94. The summed E-state index contributed by atoms with van der Waals surface area (Å²) >= 11 is 0. The summed E-state index contributed by atoms with van der Waals surface area (Å²) in [6, 6.07) is 6.87. The van der Waals surface area contributed by atoms with Crippen LogP contribution in [0.4, 0.5) is 10.1 Å². The number of carbonyl (C=O) groups is 1. The Kier molecular flexibility index (Phi) is 6.29. The van der Waals surface area contributed by atoms with Crippen molar-refractivity contribution in [1.82, 2.24) is 10.6 Å². The van der Waals surface area contributed by atoms with Crippen molar-refractivity contribution in [2.45, 2.75) is 45.1 Å². The van der Waals surface area contributed by atoms with Gasteiger partial charge in [-0.25, -0.2) is 4.39 Å². The van der Waals surface area contributed by atoms with E-state index >= 15 is 0 Å². The summed E-state index contributed by atoms with van der Waals surface area (Å²) in [5, 5.41) is 6.64. The number of halogens is 1. The number of hydrogen-bond donors (Lipinski definition) is 2. The number of piperidine rings is 2. The molecule has 0 aromatic heterocycles. The molecule has 2 N–H and O–H groups in total. The summed E-state index contributed by atoms with van der Waals surface area (Å²) in [5.74, 6) is 0.966. The fourth-order valence-electron chi connectivity index (χ4n) is 4.11. The molecule has 2 fully saturated rings. The summed E-state index contributed by atoms with van der Waals surface area (Å²) in [7, 11) is 0. The highest BCUT2D eigenvalue weighted by atomic mass is 19.1. The Hall–Kier alpha value is -1.62. The molecule has 138 valence electrons. The molecule has 2 saturated heterocycles. The number of anilines is 1. The Labute approximate surface area is 150 Å². The molecule has 2 aliphatic heterocycles. The van der Waals surface area contributed by atoms with Crippen molar-refractivity contribution >= 4 is 11.6 Å². The van der Waals surface area contributed by atoms with E-state index in [4.69, 9.17) is 0 Å². The largest absolute Gasteiger partial charge is 0.369 e. The highest BCUT2D eigenvalue weighted by Crippen LogP contribution is 2.23. The summed E-state index contributed by atoms with van der Waals surface area (Å²) < 4.78 is 13.4. The van der Waals surface area contributed by atoms with Crippen molar-refractivity contribution < 1.29 is 9.18 Å². The average Bonchev–Trinajstić information content (AvgIpc) is 2.62. The standard InChI is InChI=1S/C20H30FN3O/c1-15(16-5-3-9-22-13-16)11-20(25)23-18-7-4-10-24(14-18)19-8-2-6-17(21)12-19/h2,6,8,12,15-16,18,22H,3-5,7,9-11,13-14H2,1H3,(H,23,25). The summed E-state index contributed by atoms with van der Waals surface area (Å²) in [4.78, 5) is 14.6. The summed E-state index contributed by atoms with van der Waals surface area (Å²) in [6.07, 6.45) is 5.05. The van der Waals surface area contributed by atoms with Crippen LogP contribution in [-0.2, 0) is 4.79 Å². The first-order valence-corrected chi connectivity index (χ1v) is 9.62. The van der Waals surface area contributed by atoms with E-state index in [9.17, 15) is 9.18 Å². The monoisotopic (exact) mass is 347 g/mol. The molecule has 2 heterocycles. The Morgan fingerprint density at radius 2 is 2.28 bits per heavy atom. The molecule has 3 rings (SSSR count). The quantitative estimate of drug-likeness (QED) is 0.861. The molecule has 0 aliphatic carbocycles. The van der Waals surface area contributed by atoms with E-state index in [2.05, 4.69) is 22.5 Å². The first kappa shape index (κ1) is 18.2. The Morgan fingerprint density at radius 1 is 1.40 bits per heavy atom. The van der Waals surface area contributed by atoms with Gasteiger partial charge < -0.3 is 15.5 Å². The lowest BCUT2D eigenvalue weighted by atomic mass is 9.85. The second kappa shape index (κ2) is 8.65.